The van der Waals surface area contributed by atoms with Crippen molar-refractivity contribution >= 4 is 40.0 Å². The van der Waals surface area contributed by atoms with Crippen molar-refractivity contribution in [2.75, 3.05) is 0 Å². The smallest absolute Gasteiger partial charge is 0.194 e. The maximum atomic E-state index is 13.2. The molecule has 0 aliphatic carbocycles. The third-order valence-electron chi connectivity index (χ3n) is 3.34. The van der Waals surface area contributed by atoms with Gasteiger partial charge < -0.3 is 0 Å². The van der Waals surface area contributed by atoms with Crippen molar-refractivity contribution in [2.24, 2.45) is 0 Å². The molecule has 3 heteroatoms. The number of carbonyl (C=O) groups excluding carboxylic acids is 1. The standard InChI is InChI=1S/C19H14BrOP/c20-18-14-8-7-13-17(18)19(21)22(15-9-3-1-4-10-15)16-11-5-2-6-12-16/h1-14H. The van der Waals surface area contributed by atoms with Gasteiger partial charge in [-0.3, -0.25) is 4.79 Å². The predicted octanol–water partition coefficient (Wildman–Crippen LogP) is 4.72. The van der Waals surface area contributed by atoms with Gasteiger partial charge in [0.25, 0.3) is 0 Å². The van der Waals surface area contributed by atoms with Crippen LogP contribution in [-0.4, -0.2) is 5.52 Å². The SMILES string of the molecule is O=C(c1ccccc1Br)P(c1ccccc1)c1ccccc1. The zero-order chi connectivity index (χ0) is 15.4. The summed E-state index contributed by atoms with van der Waals surface area (Å²) >= 11 is 3.50. The van der Waals surface area contributed by atoms with E-state index in [0.29, 0.717) is 0 Å². The lowest BCUT2D eigenvalue weighted by Gasteiger charge is -2.18. The van der Waals surface area contributed by atoms with Gasteiger partial charge in [-0.25, -0.2) is 0 Å². The topological polar surface area (TPSA) is 17.1 Å². The lowest BCUT2D eigenvalue weighted by molar-refractivity contribution is 0.108. The maximum absolute atomic E-state index is 13.2. The monoisotopic (exact) mass is 368 g/mol. The van der Waals surface area contributed by atoms with Gasteiger partial charge in [0, 0.05) is 18.0 Å². The van der Waals surface area contributed by atoms with E-state index in [1.807, 2.05) is 84.9 Å². The molecule has 0 atom stereocenters. The average Bonchev–Trinajstić information content (AvgIpc) is 2.57. The first-order chi connectivity index (χ1) is 10.8. The highest BCUT2D eigenvalue weighted by Gasteiger charge is 2.24. The van der Waals surface area contributed by atoms with E-state index in [1.54, 1.807) is 0 Å². The van der Waals surface area contributed by atoms with E-state index in [2.05, 4.69) is 15.9 Å². The molecule has 0 spiro atoms. The Bertz CT molecular complexity index is 732. The molecule has 0 bridgehead atoms. The van der Waals surface area contributed by atoms with Crippen LogP contribution in [0.3, 0.4) is 0 Å². The van der Waals surface area contributed by atoms with Gasteiger partial charge in [0.2, 0.25) is 0 Å². The van der Waals surface area contributed by atoms with Crippen LogP contribution in [0.25, 0.3) is 0 Å². The van der Waals surface area contributed by atoms with Crippen molar-refractivity contribution in [3.8, 4) is 0 Å². The van der Waals surface area contributed by atoms with E-state index in [1.165, 1.54) is 0 Å². The first-order valence-corrected chi connectivity index (χ1v) is 9.10. The molecule has 3 aromatic rings. The number of hydrogen-bond acceptors (Lipinski definition) is 1. The van der Waals surface area contributed by atoms with Gasteiger partial charge in [0.15, 0.2) is 5.52 Å². The highest BCUT2D eigenvalue weighted by Crippen LogP contribution is 2.39. The minimum absolute atomic E-state index is 0.167. The van der Waals surface area contributed by atoms with Crippen LogP contribution in [0, 0.1) is 0 Å². The predicted molar refractivity (Wildman–Crippen MR) is 97.5 cm³/mol. The van der Waals surface area contributed by atoms with Gasteiger partial charge in [-0.2, -0.15) is 0 Å². The van der Waals surface area contributed by atoms with E-state index in [4.69, 9.17) is 0 Å². The summed E-state index contributed by atoms with van der Waals surface area (Å²) in [5, 5.41) is 2.15. The minimum Gasteiger partial charge on any atom is -0.288 e. The van der Waals surface area contributed by atoms with Crippen LogP contribution >= 0.6 is 23.9 Å². The highest BCUT2D eigenvalue weighted by atomic mass is 79.9. The maximum Gasteiger partial charge on any atom is 0.194 e. The molecule has 3 rings (SSSR count). The Hall–Kier alpha value is -1.76. The van der Waals surface area contributed by atoms with Gasteiger partial charge in [0.05, 0.1) is 0 Å². The van der Waals surface area contributed by atoms with Crippen LogP contribution in [0.1, 0.15) is 10.4 Å². The van der Waals surface area contributed by atoms with Crippen LogP contribution < -0.4 is 10.6 Å². The first kappa shape index (κ1) is 15.1. The average molecular weight is 369 g/mol. The Morgan fingerprint density at radius 1 is 0.682 bits per heavy atom. The molecule has 22 heavy (non-hydrogen) atoms. The number of hydrogen-bond donors (Lipinski definition) is 0. The van der Waals surface area contributed by atoms with Crippen LogP contribution in [0.4, 0.5) is 0 Å². The number of carbonyl (C=O) groups is 1. The summed E-state index contributed by atoms with van der Waals surface area (Å²) in [6, 6.07) is 27.7. The summed E-state index contributed by atoms with van der Waals surface area (Å²) in [5.41, 5.74) is 0.904. The molecule has 0 unspecified atom stereocenters. The summed E-state index contributed by atoms with van der Waals surface area (Å²) < 4.78 is 0.847. The Balaban J connectivity index is 2.11. The summed E-state index contributed by atoms with van der Waals surface area (Å²) in [4.78, 5) is 13.2. The third kappa shape index (κ3) is 3.19. The lowest BCUT2D eigenvalue weighted by atomic mass is 10.2. The lowest BCUT2D eigenvalue weighted by Crippen LogP contribution is -2.18. The molecule has 0 saturated carbocycles. The number of rotatable bonds is 4. The van der Waals surface area contributed by atoms with Gasteiger partial charge in [-0.1, -0.05) is 88.7 Å². The van der Waals surface area contributed by atoms with Gasteiger partial charge in [-0.05, 0) is 22.7 Å². The van der Waals surface area contributed by atoms with E-state index < -0.39 is 7.92 Å². The second-order valence-corrected chi connectivity index (χ2v) is 7.76. The Labute approximate surface area is 139 Å². The molecule has 0 aliphatic heterocycles. The van der Waals surface area contributed by atoms with Crippen molar-refractivity contribution in [2.45, 2.75) is 0 Å². The van der Waals surface area contributed by atoms with Crippen molar-refractivity contribution in [1.82, 2.24) is 0 Å². The Morgan fingerprint density at radius 2 is 1.14 bits per heavy atom. The molecule has 108 valence electrons. The minimum atomic E-state index is -1.07. The van der Waals surface area contributed by atoms with E-state index in [9.17, 15) is 4.79 Å². The number of benzene rings is 3. The molecule has 0 heterocycles. The summed E-state index contributed by atoms with van der Waals surface area (Å²) in [6.07, 6.45) is 0. The third-order valence-corrected chi connectivity index (χ3v) is 6.30. The summed E-state index contributed by atoms with van der Waals surface area (Å²) in [5.74, 6) is 0. The fraction of sp³-hybridized carbons (Fsp3) is 0. The number of halogens is 1. The molecule has 1 nitrogen and oxygen atoms in total. The van der Waals surface area contributed by atoms with Gasteiger partial charge in [-0.15, -0.1) is 0 Å². The van der Waals surface area contributed by atoms with E-state index >= 15 is 0 Å². The molecule has 0 saturated heterocycles. The highest BCUT2D eigenvalue weighted by molar-refractivity contribution is 9.10. The van der Waals surface area contributed by atoms with Gasteiger partial charge >= 0.3 is 0 Å². The quantitative estimate of drug-likeness (QED) is 0.608. The molecule has 0 fully saturated rings. The fourth-order valence-corrected chi connectivity index (χ4v) is 5.05. The zero-order valence-corrected chi connectivity index (χ0v) is 14.3. The van der Waals surface area contributed by atoms with Crippen LogP contribution in [0.15, 0.2) is 89.4 Å². The van der Waals surface area contributed by atoms with E-state index in [0.717, 1.165) is 20.6 Å². The molecule has 0 amide bonds. The van der Waals surface area contributed by atoms with Crippen molar-refractivity contribution in [3.05, 3.63) is 95.0 Å². The fourth-order valence-electron chi connectivity index (χ4n) is 2.29. The second-order valence-electron chi connectivity index (χ2n) is 4.79. The summed E-state index contributed by atoms with van der Waals surface area (Å²) in [7, 11) is -1.07. The largest absolute Gasteiger partial charge is 0.288 e. The normalized spacial score (nSPS) is 10.6. The molecule has 3 aromatic carbocycles. The Morgan fingerprint density at radius 3 is 1.64 bits per heavy atom. The summed E-state index contributed by atoms with van der Waals surface area (Å²) in [6.45, 7) is 0. The first-order valence-electron chi connectivity index (χ1n) is 6.96. The molecule has 0 radical (unpaired) electrons. The van der Waals surface area contributed by atoms with Crippen LogP contribution in [-0.2, 0) is 0 Å². The van der Waals surface area contributed by atoms with E-state index in [-0.39, 0.29) is 5.52 Å². The van der Waals surface area contributed by atoms with Crippen molar-refractivity contribution in [3.63, 3.8) is 0 Å². The molecule has 0 aromatic heterocycles. The molecule has 0 N–H and O–H groups in total. The van der Waals surface area contributed by atoms with Crippen molar-refractivity contribution in [1.29, 1.82) is 0 Å². The Kier molecular flexibility index (Phi) is 4.82. The zero-order valence-electron chi connectivity index (χ0n) is 11.8. The van der Waals surface area contributed by atoms with Gasteiger partial charge in [0.1, 0.15) is 0 Å². The van der Waals surface area contributed by atoms with Crippen LogP contribution in [0.5, 0.6) is 0 Å². The second kappa shape index (κ2) is 7.00. The van der Waals surface area contributed by atoms with Crippen LogP contribution in [0.2, 0.25) is 0 Å². The van der Waals surface area contributed by atoms with Crippen molar-refractivity contribution < 1.29 is 4.79 Å². The molecular weight excluding hydrogens is 355 g/mol. The molecular formula is C19H14BrOP. The molecule has 0 aliphatic rings.